The Morgan fingerprint density at radius 3 is 1.54 bits per heavy atom. The lowest BCUT2D eigenvalue weighted by molar-refractivity contribution is 0.668. The first kappa shape index (κ1) is 31.5. The molecule has 0 bridgehead atoms. The maximum absolute atomic E-state index is 6.74. The molecule has 0 amide bonds. The Morgan fingerprint density at radius 2 is 0.789 bits per heavy atom. The molecule has 12 rings (SSSR count). The molecule has 0 atom stereocenters. The van der Waals surface area contributed by atoms with Gasteiger partial charge in [0.1, 0.15) is 33.5 Å². The van der Waals surface area contributed by atoms with Crippen LogP contribution in [0.1, 0.15) is 0 Å². The minimum Gasteiger partial charge on any atom is -0.456 e. The molecule has 0 radical (unpaired) electrons. The van der Waals surface area contributed by atoms with E-state index in [0.717, 1.165) is 105 Å². The Kier molecular flexibility index (Phi) is 6.83. The van der Waals surface area contributed by atoms with Crippen LogP contribution in [0.3, 0.4) is 0 Å². The molecule has 266 valence electrons. The normalized spacial score (nSPS) is 11.9. The molecular weight excluding hydrogens is 703 g/mol. The third-order valence-corrected chi connectivity index (χ3v) is 11.0. The highest BCUT2D eigenvalue weighted by Crippen LogP contribution is 2.42. The van der Waals surface area contributed by atoms with Crippen molar-refractivity contribution in [2.75, 3.05) is 0 Å². The molecule has 0 aliphatic rings. The molecular formula is C51H29N3O3. The van der Waals surface area contributed by atoms with E-state index in [-0.39, 0.29) is 0 Å². The van der Waals surface area contributed by atoms with Gasteiger partial charge >= 0.3 is 0 Å². The summed E-state index contributed by atoms with van der Waals surface area (Å²) < 4.78 is 19.7. The lowest BCUT2D eigenvalue weighted by atomic mass is 9.99. The average molecular weight is 732 g/mol. The van der Waals surface area contributed by atoms with Gasteiger partial charge in [-0.15, -0.1) is 0 Å². The summed E-state index contributed by atoms with van der Waals surface area (Å²) >= 11 is 0. The van der Waals surface area contributed by atoms with Crippen LogP contribution in [-0.2, 0) is 0 Å². The lowest BCUT2D eigenvalue weighted by Crippen LogP contribution is -2.00. The third kappa shape index (κ3) is 5.01. The van der Waals surface area contributed by atoms with Crippen molar-refractivity contribution in [1.29, 1.82) is 0 Å². The SMILES string of the molecule is c1ccc(-c2nc(-c3ccc4c(c3)oc3ccc(-c5cccc6c5oc5c(-c7ccccc7)cccc56)cc34)nc(-c3cccc4c3oc3ccccc34)n2)cc1. The summed E-state index contributed by atoms with van der Waals surface area (Å²) in [5.41, 5.74) is 11.7. The van der Waals surface area contributed by atoms with Crippen molar-refractivity contribution >= 4 is 65.8 Å². The zero-order valence-corrected chi connectivity index (χ0v) is 30.3. The van der Waals surface area contributed by atoms with Gasteiger partial charge in [0.2, 0.25) is 0 Å². The van der Waals surface area contributed by atoms with Crippen molar-refractivity contribution in [3.8, 4) is 56.4 Å². The van der Waals surface area contributed by atoms with E-state index in [1.165, 1.54) is 0 Å². The summed E-state index contributed by atoms with van der Waals surface area (Å²) in [5.74, 6) is 1.66. The number of hydrogen-bond donors (Lipinski definition) is 0. The highest BCUT2D eigenvalue weighted by Gasteiger charge is 2.20. The van der Waals surface area contributed by atoms with Gasteiger partial charge < -0.3 is 13.3 Å². The Morgan fingerprint density at radius 1 is 0.263 bits per heavy atom. The van der Waals surface area contributed by atoms with Crippen LogP contribution < -0.4 is 0 Å². The van der Waals surface area contributed by atoms with Crippen LogP contribution >= 0.6 is 0 Å². The van der Waals surface area contributed by atoms with E-state index < -0.39 is 0 Å². The molecule has 0 N–H and O–H groups in total. The number of aromatic nitrogens is 3. The fraction of sp³-hybridized carbons (Fsp3) is 0. The van der Waals surface area contributed by atoms with E-state index in [1.807, 2.05) is 78.9 Å². The van der Waals surface area contributed by atoms with Gasteiger partial charge in [0.15, 0.2) is 17.5 Å². The number of para-hydroxylation sites is 4. The predicted octanol–water partition coefficient (Wildman–Crippen LogP) is 13.9. The van der Waals surface area contributed by atoms with Crippen LogP contribution in [0.25, 0.3) is 122 Å². The van der Waals surface area contributed by atoms with E-state index in [0.29, 0.717) is 17.5 Å². The van der Waals surface area contributed by atoms with E-state index in [4.69, 9.17) is 28.2 Å². The summed E-state index contributed by atoms with van der Waals surface area (Å²) in [6, 6.07) is 59.8. The molecule has 0 spiro atoms. The number of benzene rings is 8. The third-order valence-electron chi connectivity index (χ3n) is 11.0. The second kappa shape index (κ2) is 12.3. The average Bonchev–Trinajstić information content (AvgIpc) is 3.97. The Labute approximate surface area is 325 Å². The highest BCUT2D eigenvalue weighted by molar-refractivity contribution is 6.14. The summed E-state index contributed by atoms with van der Waals surface area (Å²) in [6.45, 7) is 0. The van der Waals surface area contributed by atoms with E-state index >= 15 is 0 Å². The maximum Gasteiger partial charge on any atom is 0.167 e. The van der Waals surface area contributed by atoms with Gasteiger partial charge in [-0.05, 0) is 47.5 Å². The van der Waals surface area contributed by atoms with E-state index in [9.17, 15) is 0 Å². The molecule has 4 heterocycles. The molecule has 0 saturated heterocycles. The molecule has 0 aliphatic carbocycles. The summed E-state index contributed by atoms with van der Waals surface area (Å²) in [4.78, 5) is 15.1. The van der Waals surface area contributed by atoms with Crippen molar-refractivity contribution in [3.05, 3.63) is 176 Å². The van der Waals surface area contributed by atoms with Gasteiger partial charge in [0.25, 0.3) is 0 Å². The van der Waals surface area contributed by atoms with Gasteiger partial charge in [-0.2, -0.15) is 0 Å². The van der Waals surface area contributed by atoms with Crippen LogP contribution in [0.2, 0.25) is 0 Å². The van der Waals surface area contributed by atoms with Crippen molar-refractivity contribution in [1.82, 2.24) is 15.0 Å². The molecule has 0 aliphatic heterocycles. The van der Waals surface area contributed by atoms with Gasteiger partial charge in [0.05, 0.1) is 5.56 Å². The zero-order valence-electron chi connectivity index (χ0n) is 30.3. The smallest absolute Gasteiger partial charge is 0.167 e. The van der Waals surface area contributed by atoms with E-state index in [2.05, 4.69) is 97.1 Å². The van der Waals surface area contributed by atoms with Crippen LogP contribution in [0.4, 0.5) is 0 Å². The molecule has 0 unspecified atom stereocenters. The largest absolute Gasteiger partial charge is 0.456 e. The second-order valence-electron chi connectivity index (χ2n) is 14.3. The van der Waals surface area contributed by atoms with Crippen molar-refractivity contribution < 1.29 is 13.3 Å². The first-order chi connectivity index (χ1) is 28.2. The first-order valence-corrected chi connectivity index (χ1v) is 18.9. The summed E-state index contributed by atoms with van der Waals surface area (Å²) in [7, 11) is 0. The standard InChI is InChI=1S/C51H29N3O3/c1-3-12-30(13-4-1)34-17-9-20-39-40-21-10-18-35(47(40)57-46(34)39)32-25-27-44-42(28-32)37-26-24-33(29-45(37)55-44)50-52-49(31-14-5-2-6-15-31)53-51(54-50)41-22-11-19-38-36-16-7-8-23-43(36)56-48(38)41/h1-29H. The minimum atomic E-state index is 0.536. The Bertz CT molecular complexity index is 3530. The quantitative estimate of drug-likeness (QED) is 0.175. The van der Waals surface area contributed by atoms with Gasteiger partial charge in [0, 0.05) is 54.6 Å². The number of nitrogens with zero attached hydrogens (tertiary/aromatic N) is 3. The first-order valence-electron chi connectivity index (χ1n) is 18.9. The van der Waals surface area contributed by atoms with Crippen LogP contribution in [0.15, 0.2) is 189 Å². The monoisotopic (exact) mass is 731 g/mol. The van der Waals surface area contributed by atoms with Crippen LogP contribution in [-0.4, -0.2) is 15.0 Å². The van der Waals surface area contributed by atoms with Gasteiger partial charge in [-0.25, -0.2) is 15.0 Å². The predicted molar refractivity (Wildman–Crippen MR) is 229 cm³/mol. The fourth-order valence-electron chi connectivity index (χ4n) is 8.24. The fourth-order valence-corrected chi connectivity index (χ4v) is 8.24. The van der Waals surface area contributed by atoms with Crippen LogP contribution in [0, 0.1) is 0 Å². The molecule has 8 aromatic carbocycles. The second-order valence-corrected chi connectivity index (χ2v) is 14.3. The molecule has 57 heavy (non-hydrogen) atoms. The van der Waals surface area contributed by atoms with Crippen molar-refractivity contribution in [2.24, 2.45) is 0 Å². The maximum atomic E-state index is 6.74. The molecule has 6 heteroatoms. The van der Waals surface area contributed by atoms with Gasteiger partial charge in [-0.3, -0.25) is 0 Å². The molecule has 0 saturated carbocycles. The zero-order chi connectivity index (χ0) is 37.5. The number of fused-ring (bicyclic) bond motifs is 9. The van der Waals surface area contributed by atoms with Crippen molar-refractivity contribution in [2.45, 2.75) is 0 Å². The number of rotatable bonds is 5. The van der Waals surface area contributed by atoms with Crippen molar-refractivity contribution in [3.63, 3.8) is 0 Å². The molecule has 6 nitrogen and oxygen atoms in total. The Hall–Kier alpha value is -7.83. The van der Waals surface area contributed by atoms with E-state index in [1.54, 1.807) is 0 Å². The summed E-state index contributed by atoms with van der Waals surface area (Å²) in [5, 5.41) is 6.28. The topological polar surface area (TPSA) is 78.1 Å². The molecule has 12 aromatic rings. The van der Waals surface area contributed by atoms with Crippen LogP contribution in [0.5, 0.6) is 0 Å². The summed E-state index contributed by atoms with van der Waals surface area (Å²) in [6.07, 6.45) is 0. The lowest BCUT2D eigenvalue weighted by Gasteiger charge is -2.09. The molecule has 4 aromatic heterocycles. The number of hydrogen-bond acceptors (Lipinski definition) is 6. The molecule has 0 fully saturated rings. The minimum absolute atomic E-state index is 0.536. The Balaban J connectivity index is 0.987. The van der Waals surface area contributed by atoms with Gasteiger partial charge in [-0.1, -0.05) is 140 Å². The number of furan rings is 3. The highest BCUT2D eigenvalue weighted by atomic mass is 16.3.